The number of halogens is 3. The minimum atomic E-state index is -4.45. The van der Waals surface area contributed by atoms with Crippen LogP contribution in [0, 0.1) is 0 Å². The second kappa shape index (κ2) is 4.15. The zero-order valence-corrected chi connectivity index (χ0v) is 10.0. The molecule has 2 nitrogen and oxygen atoms in total. The molecule has 18 heavy (non-hydrogen) atoms. The van der Waals surface area contributed by atoms with E-state index in [2.05, 4.69) is 0 Å². The van der Waals surface area contributed by atoms with Crippen LogP contribution in [-0.4, -0.2) is 10.4 Å². The largest absolute Gasteiger partial charge is 0.417 e. The fourth-order valence-electron chi connectivity index (χ4n) is 2.12. The molecule has 0 aliphatic heterocycles. The van der Waals surface area contributed by atoms with Gasteiger partial charge >= 0.3 is 6.18 Å². The maximum Gasteiger partial charge on any atom is 0.417 e. The lowest BCUT2D eigenvalue weighted by molar-refractivity contribution is -0.136. The van der Waals surface area contributed by atoms with Gasteiger partial charge in [-0.3, -0.25) is 4.79 Å². The molecular formula is C13H12F3NO. The van der Waals surface area contributed by atoms with Crippen molar-refractivity contribution in [2.24, 2.45) is 0 Å². The number of hydrogen-bond acceptors (Lipinski definition) is 1. The molecule has 2 aromatic rings. The first-order valence-electron chi connectivity index (χ1n) is 5.56. The van der Waals surface area contributed by atoms with Gasteiger partial charge in [0.2, 0.25) is 0 Å². The summed E-state index contributed by atoms with van der Waals surface area (Å²) in [6.45, 7) is 3.62. The molecule has 0 bridgehead atoms. The predicted molar refractivity (Wildman–Crippen MR) is 62.6 cm³/mol. The van der Waals surface area contributed by atoms with Gasteiger partial charge in [0.05, 0.1) is 5.56 Å². The van der Waals surface area contributed by atoms with Crippen LogP contribution in [0.1, 0.15) is 29.8 Å². The highest BCUT2D eigenvalue weighted by Gasteiger charge is 2.34. The Balaban J connectivity index is 2.90. The van der Waals surface area contributed by atoms with Gasteiger partial charge in [0, 0.05) is 29.2 Å². The zero-order valence-electron chi connectivity index (χ0n) is 10.0. The number of fused-ring (bicyclic) bond motifs is 1. The molecule has 0 radical (unpaired) electrons. The highest BCUT2D eigenvalue weighted by Crippen LogP contribution is 2.37. The summed E-state index contributed by atoms with van der Waals surface area (Å²) in [6.07, 6.45) is -2.97. The highest BCUT2D eigenvalue weighted by molar-refractivity contribution is 6.08. The fourth-order valence-corrected chi connectivity index (χ4v) is 2.12. The number of hydrogen-bond donors (Lipinski definition) is 0. The van der Waals surface area contributed by atoms with Crippen LogP contribution in [0.5, 0.6) is 0 Å². The molecule has 0 saturated carbocycles. The number of rotatable bonds is 2. The third kappa shape index (κ3) is 1.89. The summed E-state index contributed by atoms with van der Waals surface area (Å²) >= 11 is 0. The van der Waals surface area contributed by atoms with Crippen molar-refractivity contribution in [3.05, 3.63) is 35.5 Å². The van der Waals surface area contributed by atoms with Crippen LogP contribution in [0.4, 0.5) is 13.2 Å². The molecule has 2 rings (SSSR count). The smallest absolute Gasteiger partial charge is 0.347 e. The molecule has 0 aliphatic rings. The van der Waals surface area contributed by atoms with Gasteiger partial charge in [0.25, 0.3) is 0 Å². The summed E-state index contributed by atoms with van der Waals surface area (Å²) in [7, 11) is 0. The molecule has 0 atom stereocenters. The summed E-state index contributed by atoms with van der Waals surface area (Å²) in [5, 5.41) is -0.000602. The van der Waals surface area contributed by atoms with E-state index in [0.29, 0.717) is 12.1 Å². The first-order chi connectivity index (χ1) is 8.36. The number of aromatic nitrogens is 1. The van der Waals surface area contributed by atoms with Crippen molar-refractivity contribution in [2.45, 2.75) is 26.6 Å². The summed E-state index contributed by atoms with van der Waals surface area (Å²) in [5.74, 6) is -0.357. The Morgan fingerprint density at radius 2 is 2.00 bits per heavy atom. The maximum atomic E-state index is 13.0. The SMILES string of the molecule is CCn1cc(C(C)=O)c2c(C(F)(F)F)cccc21. The lowest BCUT2D eigenvalue weighted by Crippen LogP contribution is -2.06. The van der Waals surface area contributed by atoms with E-state index in [9.17, 15) is 18.0 Å². The number of carbonyl (C=O) groups excluding carboxylic acids is 1. The molecule has 0 saturated heterocycles. The number of carbonyl (C=O) groups is 1. The average molecular weight is 255 g/mol. The van der Waals surface area contributed by atoms with Gasteiger partial charge in [0.15, 0.2) is 5.78 Å². The van der Waals surface area contributed by atoms with E-state index in [1.54, 1.807) is 10.6 Å². The monoisotopic (exact) mass is 255 g/mol. The van der Waals surface area contributed by atoms with Gasteiger partial charge in [-0.05, 0) is 26.0 Å². The molecule has 0 unspecified atom stereocenters. The molecule has 0 fully saturated rings. The van der Waals surface area contributed by atoms with E-state index in [1.165, 1.54) is 19.2 Å². The molecule has 0 N–H and O–H groups in total. The number of ketones is 1. The van der Waals surface area contributed by atoms with Gasteiger partial charge in [-0.1, -0.05) is 6.07 Å². The van der Waals surface area contributed by atoms with Gasteiger partial charge in [-0.15, -0.1) is 0 Å². The lowest BCUT2D eigenvalue weighted by atomic mass is 10.0. The average Bonchev–Trinajstić information content (AvgIpc) is 2.66. The van der Waals surface area contributed by atoms with E-state index in [4.69, 9.17) is 0 Å². The Morgan fingerprint density at radius 3 is 2.50 bits per heavy atom. The number of Topliss-reactive ketones (excluding diaryl/α,β-unsaturated/α-hetero) is 1. The summed E-state index contributed by atoms with van der Waals surface area (Å²) in [6, 6.07) is 3.97. The Labute approximate surface area is 102 Å². The molecule has 1 aromatic heterocycles. The molecule has 1 heterocycles. The minimum absolute atomic E-state index is 0.000602. The summed E-state index contributed by atoms with van der Waals surface area (Å²) < 4.78 is 40.5. The standard InChI is InChI=1S/C13H12F3NO/c1-3-17-7-9(8(2)18)12-10(13(14,15)16)5-4-6-11(12)17/h4-7H,3H2,1-2H3. The summed E-state index contributed by atoms with van der Waals surface area (Å²) in [4.78, 5) is 11.5. The molecule has 0 aliphatic carbocycles. The van der Waals surface area contributed by atoms with E-state index in [-0.39, 0.29) is 16.7 Å². The van der Waals surface area contributed by atoms with E-state index in [0.717, 1.165) is 6.07 Å². The minimum Gasteiger partial charge on any atom is -0.347 e. The molecule has 1 aromatic carbocycles. The molecule has 96 valence electrons. The van der Waals surface area contributed by atoms with Crippen molar-refractivity contribution in [3.63, 3.8) is 0 Å². The van der Waals surface area contributed by atoms with Crippen LogP contribution >= 0.6 is 0 Å². The van der Waals surface area contributed by atoms with E-state index < -0.39 is 11.7 Å². The van der Waals surface area contributed by atoms with Crippen molar-refractivity contribution >= 4 is 16.7 Å². The van der Waals surface area contributed by atoms with E-state index in [1.807, 2.05) is 6.92 Å². The number of benzene rings is 1. The quantitative estimate of drug-likeness (QED) is 0.746. The summed E-state index contributed by atoms with van der Waals surface area (Å²) in [5.41, 5.74) is -0.185. The number of nitrogens with zero attached hydrogens (tertiary/aromatic N) is 1. The van der Waals surface area contributed by atoms with Gasteiger partial charge in [-0.25, -0.2) is 0 Å². The molecular weight excluding hydrogens is 243 g/mol. The second-order valence-electron chi connectivity index (χ2n) is 4.08. The van der Waals surface area contributed by atoms with Crippen molar-refractivity contribution in [2.75, 3.05) is 0 Å². The Kier molecular flexibility index (Phi) is 2.92. The van der Waals surface area contributed by atoms with Crippen LogP contribution in [-0.2, 0) is 12.7 Å². The lowest BCUT2D eigenvalue weighted by Gasteiger charge is -2.09. The Bertz CT molecular complexity index is 610. The topological polar surface area (TPSA) is 22.0 Å². The van der Waals surface area contributed by atoms with Gasteiger partial charge < -0.3 is 4.57 Å². The van der Waals surface area contributed by atoms with Crippen LogP contribution in [0.15, 0.2) is 24.4 Å². The normalized spacial score (nSPS) is 12.1. The van der Waals surface area contributed by atoms with Crippen molar-refractivity contribution < 1.29 is 18.0 Å². The highest BCUT2D eigenvalue weighted by atomic mass is 19.4. The first-order valence-corrected chi connectivity index (χ1v) is 5.56. The fraction of sp³-hybridized carbons (Fsp3) is 0.308. The Hall–Kier alpha value is -1.78. The van der Waals surface area contributed by atoms with Gasteiger partial charge in [0.1, 0.15) is 0 Å². The first kappa shape index (κ1) is 12.7. The molecule has 0 amide bonds. The van der Waals surface area contributed by atoms with Crippen LogP contribution in [0.25, 0.3) is 10.9 Å². The van der Waals surface area contributed by atoms with Crippen molar-refractivity contribution in [1.82, 2.24) is 4.57 Å². The van der Waals surface area contributed by atoms with Crippen molar-refractivity contribution in [3.8, 4) is 0 Å². The van der Waals surface area contributed by atoms with Crippen LogP contribution in [0.3, 0.4) is 0 Å². The Morgan fingerprint density at radius 1 is 1.33 bits per heavy atom. The van der Waals surface area contributed by atoms with E-state index >= 15 is 0 Å². The van der Waals surface area contributed by atoms with Crippen LogP contribution < -0.4 is 0 Å². The second-order valence-corrected chi connectivity index (χ2v) is 4.08. The van der Waals surface area contributed by atoms with Gasteiger partial charge in [-0.2, -0.15) is 13.2 Å². The molecule has 5 heteroatoms. The third-order valence-corrected chi connectivity index (χ3v) is 2.93. The number of aryl methyl sites for hydroxylation is 1. The predicted octanol–water partition coefficient (Wildman–Crippen LogP) is 3.88. The molecule has 0 spiro atoms. The third-order valence-electron chi connectivity index (χ3n) is 2.93. The maximum absolute atomic E-state index is 13.0. The zero-order chi connectivity index (χ0) is 13.5. The number of alkyl halides is 3. The van der Waals surface area contributed by atoms with Crippen molar-refractivity contribution in [1.29, 1.82) is 0 Å². The van der Waals surface area contributed by atoms with Crippen LogP contribution in [0.2, 0.25) is 0 Å².